The van der Waals surface area contributed by atoms with E-state index in [-0.39, 0.29) is 17.6 Å². The monoisotopic (exact) mass is 475 g/mol. The Bertz CT molecular complexity index is 1320. The summed E-state index contributed by atoms with van der Waals surface area (Å²) in [6.45, 7) is 0.485. The number of fused-ring (bicyclic) bond motifs is 1. The van der Waals surface area contributed by atoms with Crippen LogP contribution in [-0.4, -0.2) is 51.4 Å². The molecule has 0 bridgehead atoms. The molecule has 8 nitrogen and oxygen atoms in total. The Morgan fingerprint density at radius 3 is 2.50 bits per heavy atom. The van der Waals surface area contributed by atoms with Gasteiger partial charge in [0, 0.05) is 31.9 Å². The maximum Gasteiger partial charge on any atom is 0.253 e. The first-order chi connectivity index (χ1) is 16.4. The third-order valence-corrected chi connectivity index (χ3v) is 6.33. The number of amides is 2. The first-order valence-electron chi connectivity index (χ1n) is 10.6. The van der Waals surface area contributed by atoms with Gasteiger partial charge in [-0.15, -0.1) is 10.2 Å². The van der Waals surface area contributed by atoms with E-state index in [9.17, 15) is 9.59 Å². The molecule has 0 saturated carbocycles. The van der Waals surface area contributed by atoms with E-state index in [4.69, 9.17) is 4.74 Å². The van der Waals surface area contributed by atoms with Crippen molar-refractivity contribution in [1.29, 1.82) is 0 Å². The zero-order valence-electron chi connectivity index (χ0n) is 19.2. The third kappa shape index (κ3) is 5.55. The number of methoxy groups -OCH3 is 1. The highest BCUT2D eigenvalue weighted by Gasteiger charge is 2.13. The molecule has 0 saturated heterocycles. The summed E-state index contributed by atoms with van der Waals surface area (Å²) in [6.07, 6.45) is 1.59. The van der Waals surface area contributed by atoms with Crippen molar-refractivity contribution in [3.05, 3.63) is 78.1 Å². The maximum atomic E-state index is 12.9. The number of hydrogen-bond donors (Lipinski definition) is 1. The summed E-state index contributed by atoms with van der Waals surface area (Å²) in [5.74, 6) is 0.786. The fraction of sp³-hybridized carbons (Fsp3) is 0.200. The number of hydrogen-bond acceptors (Lipinski definition) is 6. The standard InChI is InChI=1S/C25H25N5O3S/c1-29(14-17-4-5-20-13-22(33-3)11-8-19(20)12-17)24(32)18-6-9-21(10-7-18)27-23(31)15-34-25-28-26-16-30(25)2/h4-13,16H,14-15H2,1-3H3,(H,27,31). The largest absolute Gasteiger partial charge is 0.497 e. The Morgan fingerprint density at radius 2 is 1.79 bits per heavy atom. The van der Waals surface area contributed by atoms with Gasteiger partial charge in [0.2, 0.25) is 5.91 Å². The van der Waals surface area contributed by atoms with Crippen molar-refractivity contribution in [2.45, 2.75) is 11.7 Å². The maximum absolute atomic E-state index is 12.9. The number of carbonyl (C=O) groups excluding carboxylic acids is 2. The molecule has 3 aromatic carbocycles. The molecule has 9 heteroatoms. The second-order valence-electron chi connectivity index (χ2n) is 7.85. The van der Waals surface area contributed by atoms with E-state index in [0.717, 1.165) is 22.1 Å². The molecular weight excluding hydrogens is 450 g/mol. The van der Waals surface area contributed by atoms with Crippen molar-refractivity contribution >= 4 is 40.0 Å². The quantitative estimate of drug-likeness (QED) is 0.388. The van der Waals surface area contributed by atoms with Crippen molar-refractivity contribution < 1.29 is 14.3 Å². The molecule has 1 N–H and O–H groups in total. The summed E-state index contributed by atoms with van der Waals surface area (Å²) in [5, 5.41) is 13.4. The lowest BCUT2D eigenvalue weighted by Crippen LogP contribution is -2.26. The molecule has 0 aliphatic rings. The number of ether oxygens (including phenoxy) is 1. The number of aromatic nitrogens is 3. The van der Waals surface area contributed by atoms with Crippen LogP contribution in [-0.2, 0) is 18.4 Å². The van der Waals surface area contributed by atoms with Crippen molar-refractivity contribution in [1.82, 2.24) is 19.7 Å². The number of thioether (sulfide) groups is 1. The summed E-state index contributed by atoms with van der Waals surface area (Å²) >= 11 is 1.31. The van der Waals surface area contributed by atoms with Crippen molar-refractivity contribution in [3.63, 3.8) is 0 Å². The lowest BCUT2D eigenvalue weighted by Gasteiger charge is -2.18. The molecule has 174 valence electrons. The minimum atomic E-state index is -0.155. The molecule has 0 fully saturated rings. The summed E-state index contributed by atoms with van der Waals surface area (Å²) < 4.78 is 7.03. The molecule has 0 atom stereocenters. The van der Waals surface area contributed by atoms with Crippen molar-refractivity contribution in [2.24, 2.45) is 7.05 Å². The number of nitrogens with one attached hydrogen (secondary N) is 1. The van der Waals surface area contributed by atoms with Crippen LogP contribution in [0.3, 0.4) is 0 Å². The number of carbonyl (C=O) groups is 2. The van der Waals surface area contributed by atoms with Crippen LogP contribution in [0.1, 0.15) is 15.9 Å². The number of nitrogens with zero attached hydrogens (tertiary/aromatic N) is 4. The molecule has 34 heavy (non-hydrogen) atoms. The molecule has 1 heterocycles. The molecule has 2 amide bonds. The molecule has 1 aromatic heterocycles. The SMILES string of the molecule is COc1ccc2cc(CN(C)C(=O)c3ccc(NC(=O)CSc4nncn4C)cc3)ccc2c1. The van der Waals surface area contributed by atoms with Crippen LogP contribution >= 0.6 is 11.8 Å². The van der Waals surface area contributed by atoms with Gasteiger partial charge in [0.15, 0.2) is 5.16 Å². The van der Waals surface area contributed by atoms with Gasteiger partial charge in [-0.3, -0.25) is 9.59 Å². The van der Waals surface area contributed by atoms with Gasteiger partial charge < -0.3 is 19.5 Å². The van der Waals surface area contributed by atoms with Crippen LogP contribution in [0, 0.1) is 0 Å². The lowest BCUT2D eigenvalue weighted by atomic mass is 10.1. The second kappa shape index (κ2) is 10.4. The molecule has 0 radical (unpaired) electrons. The smallest absolute Gasteiger partial charge is 0.253 e. The molecule has 4 aromatic rings. The number of aryl methyl sites for hydroxylation is 1. The number of rotatable bonds is 8. The van der Waals surface area contributed by atoms with Gasteiger partial charge in [-0.25, -0.2) is 0 Å². The van der Waals surface area contributed by atoms with Crippen molar-refractivity contribution in [3.8, 4) is 5.75 Å². The van der Waals surface area contributed by atoms with Crippen LogP contribution in [0.2, 0.25) is 0 Å². The van der Waals surface area contributed by atoms with Crippen LogP contribution < -0.4 is 10.1 Å². The van der Waals surface area contributed by atoms with E-state index >= 15 is 0 Å². The van der Waals surface area contributed by atoms with Gasteiger partial charge in [-0.1, -0.05) is 30.0 Å². The molecule has 0 aliphatic carbocycles. The van der Waals surface area contributed by atoms with E-state index in [1.165, 1.54) is 11.8 Å². The number of anilines is 1. The topological polar surface area (TPSA) is 89.3 Å². The summed E-state index contributed by atoms with van der Waals surface area (Å²) in [7, 11) is 5.25. The summed E-state index contributed by atoms with van der Waals surface area (Å²) in [6, 6.07) is 19.0. The normalized spacial score (nSPS) is 10.8. The average molecular weight is 476 g/mol. The van der Waals surface area contributed by atoms with Crippen LogP contribution in [0.25, 0.3) is 10.8 Å². The van der Waals surface area contributed by atoms with Gasteiger partial charge in [0.05, 0.1) is 12.9 Å². The predicted octanol–water partition coefficient (Wildman–Crippen LogP) is 3.98. The van der Waals surface area contributed by atoms with E-state index < -0.39 is 0 Å². The van der Waals surface area contributed by atoms with Gasteiger partial charge in [-0.2, -0.15) is 0 Å². The molecule has 4 rings (SSSR count). The zero-order valence-corrected chi connectivity index (χ0v) is 20.0. The Hall–Kier alpha value is -3.85. The summed E-state index contributed by atoms with van der Waals surface area (Å²) in [5.41, 5.74) is 2.23. The van der Waals surface area contributed by atoms with Gasteiger partial charge in [0.1, 0.15) is 12.1 Å². The second-order valence-corrected chi connectivity index (χ2v) is 8.79. The highest BCUT2D eigenvalue weighted by molar-refractivity contribution is 7.99. The molecular formula is C25H25N5O3S. The zero-order chi connectivity index (χ0) is 24.1. The van der Waals surface area contributed by atoms with Crippen molar-refractivity contribution in [2.75, 3.05) is 25.2 Å². The van der Waals surface area contributed by atoms with Crippen LogP contribution in [0.15, 0.2) is 72.1 Å². The van der Waals surface area contributed by atoms with Gasteiger partial charge in [0.25, 0.3) is 5.91 Å². The Kier molecular flexibility index (Phi) is 7.12. The Morgan fingerprint density at radius 1 is 1.06 bits per heavy atom. The fourth-order valence-corrected chi connectivity index (χ4v) is 4.18. The van der Waals surface area contributed by atoms with E-state index in [0.29, 0.717) is 23.0 Å². The minimum Gasteiger partial charge on any atom is -0.497 e. The average Bonchev–Trinajstić information content (AvgIpc) is 3.27. The van der Waals surface area contributed by atoms with E-state index in [2.05, 4.69) is 21.6 Å². The van der Waals surface area contributed by atoms with Crippen LogP contribution in [0.5, 0.6) is 5.75 Å². The molecule has 0 unspecified atom stereocenters. The highest BCUT2D eigenvalue weighted by atomic mass is 32.2. The van der Waals surface area contributed by atoms with E-state index in [1.807, 2.05) is 37.4 Å². The first-order valence-corrected chi connectivity index (χ1v) is 11.6. The molecule has 0 spiro atoms. The lowest BCUT2D eigenvalue weighted by molar-refractivity contribution is -0.113. The van der Waals surface area contributed by atoms with Gasteiger partial charge >= 0.3 is 0 Å². The third-order valence-electron chi connectivity index (χ3n) is 5.30. The Balaban J connectivity index is 1.33. The minimum absolute atomic E-state index is 0.0921. The number of benzene rings is 3. The Labute approximate surface area is 201 Å². The first kappa shape index (κ1) is 23.3. The summed E-state index contributed by atoms with van der Waals surface area (Å²) in [4.78, 5) is 26.8. The van der Waals surface area contributed by atoms with Gasteiger partial charge in [-0.05, 0) is 58.8 Å². The fourth-order valence-electron chi connectivity index (χ4n) is 3.49. The van der Waals surface area contributed by atoms with Crippen LogP contribution in [0.4, 0.5) is 5.69 Å². The van der Waals surface area contributed by atoms with E-state index in [1.54, 1.807) is 54.2 Å². The predicted molar refractivity (Wildman–Crippen MR) is 133 cm³/mol. The highest BCUT2D eigenvalue weighted by Crippen LogP contribution is 2.23. The molecule has 0 aliphatic heterocycles.